The van der Waals surface area contributed by atoms with E-state index < -0.39 is 12.8 Å². The summed E-state index contributed by atoms with van der Waals surface area (Å²) >= 11 is 0. The zero-order valence-electron chi connectivity index (χ0n) is 8.67. The highest BCUT2D eigenvalue weighted by atomic mass is 19.4. The molecule has 0 aliphatic heterocycles. The van der Waals surface area contributed by atoms with Gasteiger partial charge in [-0.2, -0.15) is 13.2 Å². The molecule has 1 aromatic rings. The van der Waals surface area contributed by atoms with Gasteiger partial charge >= 0.3 is 6.18 Å². The van der Waals surface area contributed by atoms with Crippen LogP contribution >= 0.6 is 0 Å². The summed E-state index contributed by atoms with van der Waals surface area (Å²) in [5, 5.41) is 0. The molecule has 0 aliphatic carbocycles. The van der Waals surface area contributed by atoms with Crippen molar-refractivity contribution in [2.24, 2.45) is 0 Å². The van der Waals surface area contributed by atoms with Crippen LogP contribution in [0.2, 0.25) is 0 Å². The van der Waals surface area contributed by atoms with Gasteiger partial charge in [0.1, 0.15) is 12.0 Å². The summed E-state index contributed by atoms with van der Waals surface area (Å²) in [6, 6.07) is 4.74. The molecular weight excluding hydrogens is 221 g/mol. The molecule has 0 fully saturated rings. The van der Waals surface area contributed by atoms with Crippen molar-refractivity contribution in [3.63, 3.8) is 0 Å². The minimum Gasteiger partial charge on any atom is -0.484 e. The SMILES string of the molecule is Cc1cccc(OCC(F)(F)F)c1CC=O. The average Bonchev–Trinajstić information content (AvgIpc) is 2.18. The lowest BCUT2D eigenvalue weighted by atomic mass is 10.1. The maximum Gasteiger partial charge on any atom is 0.422 e. The van der Waals surface area contributed by atoms with Crippen LogP contribution in [0.4, 0.5) is 13.2 Å². The predicted octanol–water partition coefficient (Wildman–Crippen LogP) is 2.68. The molecule has 0 heterocycles. The number of alkyl halides is 3. The number of hydrogen-bond acceptors (Lipinski definition) is 2. The van der Waals surface area contributed by atoms with Gasteiger partial charge in [-0.1, -0.05) is 12.1 Å². The largest absolute Gasteiger partial charge is 0.484 e. The molecular formula is C11H11F3O2. The van der Waals surface area contributed by atoms with E-state index in [4.69, 9.17) is 0 Å². The van der Waals surface area contributed by atoms with Crippen molar-refractivity contribution in [1.29, 1.82) is 0 Å². The normalized spacial score (nSPS) is 11.2. The van der Waals surface area contributed by atoms with Gasteiger partial charge in [0.05, 0.1) is 0 Å². The van der Waals surface area contributed by atoms with Crippen LogP contribution in [0.15, 0.2) is 18.2 Å². The first-order valence-electron chi connectivity index (χ1n) is 4.65. The summed E-state index contributed by atoms with van der Waals surface area (Å²) in [7, 11) is 0. The van der Waals surface area contributed by atoms with E-state index in [1.54, 1.807) is 19.1 Å². The zero-order valence-corrected chi connectivity index (χ0v) is 8.67. The third-order valence-electron chi connectivity index (χ3n) is 2.05. The van der Waals surface area contributed by atoms with E-state index in [2.05, 4.69) is 4.74 Å². The Labute approximate surface area is 91.0 Å². The fourth-order valence-corrected chi connectivity index (χ4v) is 1.32. The second-order valence-corrected chi connectivity index (χ2v) is 3.33. The third kappa shape index (κ3) is 3.56. The number of aldehydes is 1. The number of carbonyl (C=O) groups excluding carboxylic acids is 1. The average molecular weight is 232 g/mol. The molecule has 0 spiro atoms. The Bertz CT molecular complexity index is 372. The number of halogens is 3. The van der Waals surface area contributed by atoms with Gasteiger partial charge < -0.3 is 9.53 Å². The Morgan fingerprint density at radius 2 is 2.06 bits per heavy atom. The summed E-state index contributed by atoms with van der Waals surface area (Å²) in [5.74, 6) is 0.115. The van der Waals surface area contributed by atoms with Crippen LogP contribution < -0.4 is 4.74 Å². The smallest absolute Gasteiger partial charge is 0.422 e. The van der Waals surface area contributed by atoms with Gasteiger partial charge in [-0.3, -0.25) is 0 Å². The Hall–Kier alpha value is -1.52. The highest BCUT2D eigenvalue weighted by Gasteiger charge is 2.28. The van der Waals surface area contributed by atoms with Gasteiger partial charge in [-0.05, 0) is 18.6 Å². The first kappa shape index (κ1) is 12.5. The summed E-state index contributed by atoms with van der Waals surface area (Å²) in [6.07, 6.45) is -3.68. The second-order valence-electron chi connectivity index (χ2n) is 3.33. The minimum absolute atomic E-state index is 0.0554. The van der Waals surface area contributed by atoms with Crippen LogP contribution in [-0.2, 0) is 11.2 Å². The van der Waals surface area contributed by atoms with E-state index in [0.29, 0.717) is 11.8 Å². The van der Waals surface area contributed by atoms with Crippen LogP contribution in [0.5, 0.6) is 5.75 Å². The van der Waals surface area contributed by atoms with E-state index in [1.165, 1.54) is 6.07 Å². The molecule has 5 heteroatoms. The van der Waals surface area contributed by atoms with Crippen molar-refractivity contribution >= 4 is 6.29 Å². The molecule has 16 heavy (non-hydrogen) atoms. The van der Waals surface area contributed by atoms with Gasteiger partial charge in [0.25, 0.3) is 0 Å². The molecule has 0 radical (unpaired) electrons. The highest BCUT2D eigenvalue weighted by molar-refractivity contribution is 5.59. The molecule has 0 N–H and O–H groups in total. The summed E-state index contributed by atoms with van der Waals surface area (Å²) < 4.78 is 40.5. The maximum absolute atomic E-state index is 12.0. The lowest BCUT2D eigenvalue weighted by Crippen LogP contribution is -2.20. The molecule has 1 aromatic carbocycles. The van der Waals surface area contributed by atoms with Gasteiger partial charge in [0, 0.05) is 12.0 Å². The fraction of sp³-hybridized carbons (Fsp3) is 0.364. The van der Waals surface area contributed by atoms with Crippen LogP contribution in [0.3, 0.4) is 0 Å². The number of ether oxygens (including phenoxy) is 1. The van der Waals surface area contributed by atoms with Crippen molar-refractivity contribution in [3.8, 4) is 5.75 Å². The predicted molar refractivity (Wildman–Crippen MR) is 52.5 cm³/mol. The standard InChI is InChI=1S/C11H11F3O2/c1-8-3-2-4-10(9(8)5-6-15)16-7-11(12,13)14/h2-4,6H,5,7H2,1H3. The molecule has 0 saturated heterocycles. The Morgan fingerprint density at radius 1 is 1.38 bits per heavy atom. The zero-order chi connectivity index (χ0) is 12.2. The third-order valence-corrected chi connectivity index (χ3v) is 2.05. The van der Waals surface area contributed by atoms with E-state index >= 15 is 0 Å². The monoisotopic (exact) mass is 232 g/mol. The Morgan fingerprint density at radius 3 is 2.62 bits per heavy atom. The van der Waals surface area contributed by atoms with E-state index in [1.807, 2.05) is 0 Å². The van der Waals surface area contributed by atoms with Crippen LogP contribution in [0.25, 0.3) is 0 Å². The molecule has 0 aromatic heterocycles. The number of hydrogen-bond donors (Lipinski definition) is 0. The summed E-state index contributed by atoms with van der Waals surface area (Å²) in [6.45, 7) is 0.377. The molecule has 88 valence electrons. The minimum atomic E-state index is -4.37. The fourth-order valence-electron chi connectivity index (χ4n) is 1.32. The highest BCUT2D eigenvalue weighted by Crippen LogP contribution is 2.24. The van der Waals surface area contributed by atoms with Crippen molar-refractivity contribution < 1.29 is 22.7 Å². The number of rotatable bonds is 4. The molecule has 1 rings (SSSR count). The van der Waals surface area contributed by atoms with E-state index in [0.717, 1.165) is 5.56 Å². The van der Waals surface area contributed by atoms with Crippen molar-refractivity contribution in [2.75, 3.05) is 6.61 Å². The summed E-state index contributed by atoms with van der Waals surface area (Å²) in [4.78, 5) is 10.4. The van der Waals surface area contributed by atoms with Crippen molar-refractivity contribution in [3.05, 3.63) is 29.3 Å². The van der Waals surface area contributed by atoms with Gasteiger partial charge in [-0.25, -0.2) is 0 Å². The lowest BCUT2D eigenvalue weighted by molar-refractivity contribution is -0.153. The Kier molecular flexibility index (Phi) is 3.93. The maximum atomic E-state index is 12.0. The van der Waals surface area contributed by atoms with Gasteiger partial charge in [-0.15, -0.1) is 0 Å². The van der Waals surface area contributed by atoms with Gasteiger partial charge in [0.15, 0.2) is 6.61 Å². The molecule has 0 bridgehead atoms. The number of aryl methyl sites for hydroxylation is 1. The molecule has 0 unspecified atom stereocenters. The quantitative estimate of drug-likeness (QED) is 0.746. The van der Waals surface area contributed by atoms with Crippen molar-refractivity contribution in [2.45, 2.75) is 19.5 Å². The topological polar surface area (TPSA) is 26.3 Å². The van der Waals surface area contributed by atoms with Crippen LogP contribution in [-0.4, -0.2) is 19.1 Å². The van der Waals surface area contributed by atoms with Crippen LogP contribution in [0.1, 0.15) is 11.1 Å². The molecule has 0 atom stereocenters. The van der Waals surface area contributed by atoms with Gasteiger partial charge in [0.2, 0.25) is 0 Å². The second kappa shape index (κ2) is 5.01. The first-order valence-corrected chi connectivity index (χ1v) is 4.65. The first-order chi connectivity index (χ1) is 7.44. The molecule has 0 aliphatic rings. The molecule has 0 saturated carbocycles. The molecule has 2 nitrogen and oxygen atoms in total. The van der Waals surface area contributed by atoms with Crippen LogP contribution in [0, 0.1) is 6.92 Å². The summed E-state index contributed by atoms with van der Waals surface area (Å²) in [5.41, 5.74) is 1.24. The van der Waals surface area contributed by atoms with E-state index in [9.17, 15) is 18.0 Å². The Balaban J connectivity index is 2.86. The van der Waals surface area contributed by atoms with E-state index in [-0.39, 0.29) is 12.2 Å². The number of carbonyl (C=O) groups is 1. The lowest BCUT2D eigenvalue weighted by Gasteiger charge is -2.13. The number of benzene rings is 1. The molecule has 0 amide bonds. The van der Waals surface area contributed by atoms with Crippen molar-refractivity contribution in [1.82, 2.24) is 0 Å².